The summed E-state index contributed by atoms with van der Waals surface area (Å²) in [5, 5.41) is 0. The molecule has 16 heavy (non-hydrogen) atoms. The molecule has 0 heterocycles. The molecule has 0 amide bonds. The van der Waals surface area contributed by atoms with Crippen molar-refractivity contribution in [2.75, 3.05) is 0 Å². The van der Waals surface area contributed by atoms with E-state index >= 15 is 0 Å². The zero-order chi connectivity index (χ0) is 11.8. The maximum absolute atomic E-state index is 12.3. The Balaban J connectivity index is 2.04. The molecule has 0 unspecified atom stereocenters. The normalized spacial score (nSPS) is 25.2. The van der Waals surface area contributed by atoms with E-state index in [9.17, 15) is 13.2 Å². The van der Waals surface area contributed by atoms with Gasteiger partial charge in [-0.1, -0.05) is 25.5 Å². The Kier molecular flexibility index (Phi) is 2.96. The highest BCUT2D eigenvalue weighted by Crippen LogP contribution is 2.43. The lowest BCUT2D eigenvalue weighted by Crippen LogP contribution is -2.21. The molecule has 1 aliphatic rings. The monoisotopic (exact) mass is 228 g/mol. The molecule has 2 rings (SSSR count). The highest BCUT2D eigenvalue weighted by atomic mass is 19.4. The van der Waals surface area contributed by atoms with Gasteiger partial charge in [-0.15, -0.1) is 0 Å². The van der Waals surface area contributed by atoms with E-state index in [4.69, 9.17) is 0 Å². The average molecular weight is 228 g/mol. The Bertz CT molecular complexity index is 344. The summed E-state index contributed by atoms with van der Waals surface area (Å²) < 4.78 is 37.0. The molecule has 1 aromatic carbocycles. The number of hydrogen-bond acceptors (Lipinski definition) is 0. The Hall–Kier alpha value is -0.990. The molecular weight excluding hydrogens is 213 g/mol. The second-order valence-electron chi connectivity index (χ2n) is 4.56. The molecule has 3 heteroatoms. The molecule has 0 nitrogen and oxygen atoms in total. The van der Waals surface area contributed by atoms with Crippen molar-refractivity contribution in [1.29, 1.82) is 0 Å². The lowest BCUT2D eigenvalue weighted by molar-refractivity contribution is -0.137. The SMILES string of the molecule is CCC1CC(c2ccc(C(F)(F)F)cc2)C1. The number of benzene rings is 1. The van der Waals surface area contributed by atoms with Crippen molar-refractivity contribution in [3.05, 3.63) is 35.4 Å². The summed E-state index contributed by atoms with van der Waals surface area (Å²) in [6.45, 7) is 2.16. The Labute approximate surface area is 93.5 Å². The maximum atomic E-state index is 12.3. The largest absolute Gasteiger partial charge is 0.416 e. The van der Waals surface area contributed by atoms with Crippen molar-refractivity contribution < 1.29 is 13.2 Å². The van der Waals surface area contributed by atoms with Crippen molar-refractivity contribution in [2.24, 2.45) is 5.92 Å². The van der Waals surface area contributed by atoms with Crippen molar-refractivity contribution in [3.8, 4) is 0 Å². The van der Waals surface area contributed by atoms with E-state index in [-0.39, 0.29) is 0 Å². The van der Waals surface area contributed by atoms with Crippen LogP contribution in [0.3, 0.4) is 0 Å². The molecule has 0 spiro atoms. The van der Waals surface area contributed by atoms with Crippen LogP contribution in [0.5, 0.6) is 0 Å². The molecule has 88 valence electrons. The van der Waals surface area contributed by atoms with Crippen molar-refractivity contribution in [2.45, 2.75) is 38.3 Å². The molecule has 0 atom stereocenters. The van der Waals surface area contributed by atoms with Crippen LogP contribution in [-0.4, -0.2) is 0 Å². The first-order valence-corrected chi connectivity index (χ1v) is 5.68. The molecule has 0 aliphatic heterocycles. The summed E-state index contributed by atoms with van der Waals surface area (Å²) in [5.41, 5.74) is 0.500. The van der Waals surface area contributed by atoms with Gasteiger partial charge in [-0.25, -0.2) is 0 Å². The van der Waals surface area contributed by atoms with E-state index in [1.807, 2.05) is 0 Å². The molecule has 1 aliphatic carbocycles. The third kappa shape index (κ3) is 2.23. The topological polar surface area (TPSA) is 0 Å². The molecule has 0 radical (unpaired) electrons. The first-order valence-electron chi connectivity index (χ1n) is 5.68. The Morgan fingerprint density at radius 3 is 2.12 bits per heavy atom. The second-order valence-corrected chi connectivity index (χ2v) is 4.56. The van der Waals surface area contributed by atoms with Gasteiger partial charge in [0.15, 0.2) is 0 Å². The van der Waals surface area contributed by atoms with Gasteiger partial charge in [0.25, 0.3) is 0 Å². The fourth-order valence-corrected chi connectivity index (χ4v) is 2.29. The van der Waals surface area contributed by atoms with Gasteiger partial charge in [0.1, 0.15) is 0 Å². The van der Waals surface area contributed by atoms with E-state index in [2.05, 4.69) is 6.92 Å². The van der Waals surface area contributed by atoms with Gasteiger partial charge in [0, 0.05) is 0 Å². The van der Waals surface area contributed by atoms with Crippen LogP contribution in [0.4, 0.5) is 13.2 Å². The molecule has 0 aromatic heterocycles. The minimum atomic E-state index is -4.22. The zero-order valence-corrected chi connectivity index (χ0v) is 9.22. The maximum Gasteiger partial charge on any atom is 0.416 e. The molecule has 1 fully saturated rings. The zero-order valence-electron chi connectivity index (χ0n) is 9.22. The number of alkyl halides is 3. The summed E-state index contributed by atoms with van der Waals surface area (Å²) in [4.78, 5) is 0. The van der Waals surface area contributed by atoms with E-state index in [1.54, 1.807) is 12.1 Å². The van der Waals surface area contributed by atoms with Gasteiger partial charge in [0.2, 0.25) is 0 Å². The number of rotatable bonds is 2. The summed E-state index contributed by atoms with van der Waals surface area (Å²) in [7, 11) is 0. The summed E-state index contributed by atoms with van der Waals surface area (Å²) >= 11 is 0. The van der Waals surface area contributed by atoms with Crippen LogP contribution in [0.15, 0.2) is 24.3 Å². The van der Waals surface area contributed by atoms with Crippen LogP contribution < -0.4 is 0 Å². The van der Waals surface area contributed by atoms with Gasteiger partial charge in [-0.2, -0.15) is 13.2 Å². The standard InChI is InChI=1S/C13H15F3/c1-2-9-7-11(8-9)10-3-5-12(6-4-10)13(14,15)16/h3-6,9,11H,2,7-8H2,1H3. The van der Waals surface area contributed by atoms with Crippen LogP contribution in [-0.2, 0) is 6.18 Å². The van der Waals surface area contributed by atoms with Gasteiger partial charge in [0.05, 0.1) is 5.56 Å². The quantitative estimate of drug-likeness (QED) is 0.693. The molecule has 1 aromatic rings. The van der Waals surface area contributed by atoms with Crippen molar-refractivity contribution in [3.63, 3.8) is 0 Å². The van der Waals surface area contributed by atoms with Crippen LogP contribution in [0, 0.1) is 5.92 Å². The van der Waals surface area contributed by atoms with Gasteiger partial charge >= 0.3 is 6.18 Å². The Morgan fingerprint density at radius 2 is 1.69 bits per heavy atom. The van der Waals surface area contributed by atoms with Crippen LogP contribution in [0.1, 0.15) is 43.2 Å². The minimum absolute atomic E-state index is 0.479. The van der Waals surface area contributed by atoms with E-state index < -0.39 is 11.7 Å². The predicted octanol–water partition coefficient (Wildman–Crippen LogP) is 4.61. The van der Waals surface area contributed by atoms with Gasteiger partial charge < -0.3 is 0 Å². The highest BCUT2D eigenvalue weighted by molar-refractivity contribution is 5.28. The van der Waals surface area contributed by atoms with Crippen molar-refractivity contribution in [1.82, 2.24) is 0 Å². The summed E-state index contributed by atoms with van der Waals surface area (Å²) in [6.07, 6.45) is -0.787. The summed E-state index contributed by atoms with van der Waals surface area (Å²) in [5.74, 6) is 1.25. The molecular formula is C13H15F3. The minimum Gasteiger partial charge on any atom is -0.166 e. The fraction of sp³-hybridized carbons (Fsp3) is 0.538. The van der Waals surface area contributed by atoms with E-state index in [1.165, 1.54) is 18.6 Å². The first kappa shape index (κ1) is 11.5. The van der Waals surface area contributed by atoms with Crippen molar-refractivity contribution >= 4 is 0 Å². The van der Waals surface area contributed by atoms with E-state index in [0.717, 1.165) is 24.3 Å². The number of halogens is 3. The first-order chi connectivity index (χ1) is 7.50. The van der Waals surface area contributed by atoms with E-state index in [0.29, 0.717) is 5.92 Å². The lowest BCUT2D eigenvalue weighted by atomic mass is 9.70. The lowest BCUT2D eigenvalue weighted by Gasteiger charge is -2.35. The second kappa shape index (κ2) is 4.11. The smallest absolute Gasteiger partial charge is 0.166 e. The van der Waals surface area contributed by atoms with Crippen LogP contribution >= 0.6 is 0 Å². The predicted molar refractivity (Wildman–Crippen MR) is 57.2 cm³/mol. The Morgan fingerprint density at radius 1 is 1.12 bits per heavy atom. The summed E-state index contributed by atoms with van der Waals surface area (Å²) in [6, 6.07) is 5.63. The van der Waals surface area contributed by atoms with Gasteiger partial charge in [-0.05, 0) is 42.4 Å². The molecule has 0 N–H and O–H groups in total. The third-order valence-electron chi connectivity index (χ3n) is 3.52. The number of hydrogen-bond donors (Lipinski definition) is 0. The molecule has 0 bridgehead atoms. The average Bonchev–Trinajstić information content (AvgIpc) is 2.15. The highest BCUT2D eigenvalue weighted by Gasteiger charge is 2.32. The third-order valence-corrected chi connectivity index (χ3v) is 3.52. The van der Waals surface area contributed by atoms with Crippen LogP contribution in [0.2, 0.25) is 0 Å². The fourth-order valence-electron chi connectivity index (χ4n) is 2.29. The van der Waals surface area contributed by atoms with Crippen LogP contribution in [0.25, 0.3) is 0 Å². The molecule has 1 saturated carbocycles. The van der Waals surface area contributed by atoms with Gasteiger partial charge in [-0.3, -0.25) is 0 Å². The molecule has 0 saturated heterocycles.